The van der Waals surface area contributed by atoms with Crippen LogP contribution in [0, 0.1) is 18.3 Å². The zero-order chi connectivity index (χ0) is 23.5. The number of nitrogens with one attached hydrogen (secondary N) is 1. The van der Waals surface area contributed by atoms with E-state index in [9.17, 15) is 18.0 Å². The average molecular weight is 461 g/mol. The monoisotopic (exact) mass is 461 g/mol. The summed E-state index contributed by atoms with van der Waals surface area (Å²) in [5, 5.41) is 7.56. The first-order chi connectivity index (χ1) is 15.6. The summed E-state index contributed by atoms with van der Waals surface area (Å²) >= 11 is 0. The van der Waals surface area contributed by atoms with Gasteiger partial charge in [0, 0.05) is 31.4 Å². The Hall–Kier alpha value is -3.11. The van der Waals surface area contributed by atoms with Crippen LogP contribution in [0.4, 0.5) is 24.9 Å². The Morgan fingerprint density at radius 1 is 1.18 bits per heavy atom. The average Bonchev–Trinajstić information content (AvgIpc) is 3.36. The maximum Gasteiger partial charge on any atom is 0.391 e. The van der Waals surface area contributed by atoms with Gasteiger partial charge in [0.1, 0.15) is 16.9 Å². The Morgan fingerprint density at radius 3 is 2.55 bits per heavy atom. The van der Waals surface area contributed by atoms with Crippen molar-refractivity contribution in [3.8, 4) is 11.3 Å². The number of hydrogen-bond acceptors (Lipinski definition) is 6. The number of aromatic nitrogens is 5. The second kappa shape index (κ2) is 7.46. The van der Waals surface area contributed by atoms with Crippen molar-refractivity contribution < 1.29 is 13.2 Å². The number of aryl methyl sites for hydroxylation is 1. The van der Waals surface area contributed by atoms with E-state index in [1.54, 1.807) is 26.1 Å². The maximum absolute atomic E-state index is 13.3. The van der Waals surface area contributed by atoms with Crippen LogP contribution in [0.5, 0.6) is 0 Å². The van der Waals surface area contributed by atoms with Crippen LogP contribution in [-0.2, 0) is 7.05 Å². The lowest BCUT2D eigenvalue weighted by molar-refractivity contribution is -0.174. The Kier molecular flexibility index (Phi) is 4.91. The summed E-state index contributed by atoms with van der Waals surface area (Å²) in [7, 11) is 1.66. The first kappa shape index (κ1) is 21.7. The van der Waals surface area contributed by atoms with Crippen molar-refractivity contribution in [2.24, 2.45) is 18.4 Å². The summed E-state index contributed by atoms with van der Waals surface area (Å²) in [6, 6.07) is 3.44. The smallest absolute Gasteiger partial charge is 0.384 e. The molecule has 11 heteroatoms. The molecule has 176 valence electrons. The van der Waals surface area contributed by atoms with Crippen molar-refractivity contribution in [1.29, 1.82) is 0 Å². The van der Waals surface area contributed by atoms with Gasteiger partial charge < -0.3 is 10.6 Å². The van der Waals surface area contributed by atoms with Crippen LogP contribution in [0.3, 0.4) is 0 Å². The molecule has 8 nitrogen and oxygen atoms in total. The van der Waals surface area contributed by atoms with Gasteiger partial charge in [-0.1, -0.05) is 0 Å². The van der Waals surface area contributed by atoms with Gasteiger partial charge in [-0.05, 0) is 56.6 Å². The summed E-state index contributed by atoms with van der Waals surface area (Å²) in [4.78, 5) is 24.2. The third-order valence-corrected chi connectivity index (χ3v) is 7.41. The molecule has 1 saturated heterocycles. The molecule has 0 aromatic carbocycles. The van der Waals surface area contributed by atoms with Gasteiger partial charge in [-0.2, -0.15) is 23.3 Å². The van der Waals surface area contributed by atoms with Gasteiger partial charge in [0.25, 0.3) is 5.56 Å². The molecule has 3 N–H and O–H groups in total. The minimum absolute atomic E-state index is 0.203. The summed E-state index contributed by atoms with van der Waals surface area (Å²) in [6.07, 6.45) is -1.77. The van der Waals surface area contributed by atoms with E-state index in [1.807, 2.05) is 4.90 Å². The van der Waals surface area contributed by atoms with E-state index in [0.29, 0.717) is 72.1 Å². The van der Waals surface area contributed by atoms with E-state index in [1.165, 1.54) is 4.57 Å². The number of piperidine rings is 1. The molecule has 1 aliphatic carbocycles. The predicted octanol–water partition coefficient (Wildman–Crippen LogP) is 3.56. The SMILES string of the molecule is Cc1nc(N)ccc1-c1n[nH]c2nc(N3CCC4(CC[C@H](C(F)(F)F)C4)CC3)n(C)c(=O)c12. The molecule has 0 amide bonds. The van der Waals surface area contributed by atoms with Crippen LogP contribution in [0.1, 0.15) is 37.8 Å². The molecule has 1 saturated carbocycles. The number of nitrogens with two attached hydrogens (primary N) is 1. The largest absolute Gasteiger partial charge is 0.391 e. The normalized spacial score (nSPS) is 20.8. The van der Waals surface area contributed by atoms with Gasteiger partial charge in [0.05, 0.1) is 5.92 Å². The number of pyridine rings is 1. The second-order valence-electron chi connectivity index (χ2n) is 9.41. The van der Waals surface area contributed by atoms with Crippen molar-refractivity contribution in [2.75, 3.05) is 23.7 Å². The van der Waals surface area contributed by atoms with Gasteiger partial charge in [0.15, 0.2) is 5.65 Å². The highest BCUT2D eigenvalue weighted by Gasteiger charge is 2.51. The Morgan fingerprint density at radius 2 is 1.91 bits per heavy atom. The number of anilines is 2. The Balaban J connectivity index is 1.43. The third kappa shape index (κ3) is 3.63. The fraction of sp³-hybridized carbons (Fsp3) is 0.545. The molecule has 4 heterocycles. The minimum Gasteiger partial charge on any atom is -0.384 e. The van der Waals surface area contributed by atoms with Gasteiger partial charge >= 0.3 is 6.18 Å². The fourth-order valence-corrected chi connectivity index (χ4v) is 5.48. The number of rotatable bonds is 2. The predicted molar refractivity (Wildman–Crippen MR) is 119 cm³/mol. The third-order valence-electron chi connectivity index (χ3n) is 7.41. The highest BCUT2D eigenvalue weighted by Crippen LogP contribution is 2.53. The Labute approximate surface area is 188 Å². The number of nitrogen functional groups attached to an aromatic ring is 1. The lowest BCUT2D eigenvalue weighted by atomic mass is 9.76. The zero-order valence-electron chi connectivity index (χ0n) is 18.5. The molecule has 2 aliphatic rings. The molecule has 2 fully saturated rings. The van der Waals surface area contributed by atoms with Crippen LogP contribution >= 0.6 is 0 Å². The van der Waals surface area contributed by atoms with Crippen LogP contribution in [-0.4, -0.2) is 44.0 Å². The van der Waals surface area contributed by atoms with E-state index in [-0.39, 0.29) is 23.8 Å². The number of aromatic amines is 1. The first-order valence-electron chi connectivity index (χ1n) is 11.1. The van der Waals surface area contributed by atoms with E-state index >= 15 is 0 Å². The molecule has 1 atom stereocenters. The van der Waals surface area contributed by atoms with Crippen LogP contribution < -0.4 is 16.2 Å². The van der Waals surface area contributed by atoms with Gasteiger partial charge in [-0.3, -0.25) is 14.5 Å². The molecular weight excluding hydrogens is 435 g/mol. The number of H-pyrrole nitrogens is 1. The zero-order valence-corrected chi connectivity index (χ0v) is 18.5. The molecule has 1 spiro atoms. The van der Waals surface area contributed by atoms with Gasteiger partial charge in [-0.25, -0.2) is 4.98 Å². The van der Waals surface area contributed by atoms with Crippen LogP contribution in [0.25, 0.3) is 22.3 Å². The standard InChI is InChI=1S/C22H26F3N7O/c1-12-14(3-4-15(26)27-12)17-16-18(30-29-17)28-20(31(2)19(16)33)32-9-7-21(8-10-32)6-5-13(11-21)22(23,24)25/h3-4,13H,5-11H2,1-2H3,(H2,26,27)(H,29,30)/t13-/m0/s1. The first-order valence-corrected chi connectivity index (χ1v) is 11.1. The molecule has 3 aromatic rings. The van der Waals surface area contributed by atoms with Crippen molar-refractivity contribution in [3.05, 3.63) is 28.2 Å². The van der Waals surface area contributed by atoms with Crippen LogP contribution in [0.15, 0.2) is 16.9 Å². The molecule has 0 unspecified atom stereocenters. The molecule has 5 rings (SSSR count). The minimum atomic E-state index is -4.12. The maximum atomic E-state index is 13.3. The molecule has 0 radical (unpaired) electrons. The topological polar surface area (TPSA) is 106 Å². The van der Waals surface area contributed by atoms with E-state index in [0.717, 1.165) is 0 Å². The van der Waals surface area contributed by atoms with Gasteiger partial charge in [-0.15, -0.1) is 0 Å². The lowest BCUT2D eigenvalue weighted by Gasteiger charge is -2.40. The molecule has 0 bridgehead atoms. The van der Waals surface area contributed by atoms with E-state index in [2.05, 4.69) is 20.2 Å². The van der Waals surface area contributed by atoms with E-state index < -0.39 is 12.1 Å². The lowest BCUT2D eigenvalue weighted by Crippen LogP contribution is -2.42. The summed E-state index contributed by atoms with van der Waals surface area (Å²) in [6.45, 7) is 2.94. The molecule has 1 aliphatic heterocycles. The van der Waals surface area contributed by atoms with Gasteiger partial charge in [0.2, 0.25) is 5.95 Å². The number of fused-ring (bicyclic) bond motifs is 1. The van der Waals surface area contributed by atoms with Crippen molar-refractivity contribution >= 4 is 22.8 Å². The summed E-state index contributed by atoms with van der Waals surface area (Å²) in [5.74, 6) is -0.316. The quantitative estimate of drug-likeness (QED) is 0.605. The number of alkyl halides is 3. The van der Waals surface area contributed by atoms with Crippen molar-refractivity contribution in [1.82, 2.24) is 24.7 Å². The Bertz CT molecular complexity index is 1270. The molecule has 3 aromatic heterocycles. The highest BCUT2D eigenvalue weighted by molar-refractivity contribution is 5.91. The number of halogens is 3. The summed E-state index contributed by atoms with van der Waals surface area (Å²) in [5.41, 5.74) is 7.43. The number of nitrogens with zero attached hydrogens (tertiary/aromatic N) is 5. The molecule has 33 heavy (non-hydrogen) atoms. The fourth-order valence-electron chi connectivity index (χ4n) is 5.48. The van der Waals surface area contributed by atoms with Crippen molar-refractivity contribution in [2.45, 2.75) is 45.2 Å². The van der Waals surface area contributed by atoms with E-state index in [4.69, 9.17) is 5.73 Å². The second-order valence-corrected chi connectivity index (χ2v) is 9.41. The van der Waals surface area contributed by atoms with Crippen molar-refractivity contribution in [3.63, 3.8) is 0 Å². The summed E-state index contributed by atoms with van der Waals surface area (Å²) < 4.78 is 41.0. The van der Waals surface area contributed by atoms with Crippen LogP contribution in [0.2, 0.25) is 0 Å². The number of hydrogen-bond donors (Lipinski definition) is 2. The molecular formula is C22H26F3N7O. The highest BCUT2D eigenvalue weighted by atomic mass is 19.4.